The molecule has 0 spiro atoms. The number of rotatable bonds is 5. The van der Waals surface area contributed by atoms with Crippen molar-refractivity contribution >= 4 is 17.8 Å². The first-order valence-corrected chi connectivity index (χ1v) is 4.29. The molecule has 0 radical (unpaired) electrons. The molecule has 0 aromatic rings. The summed E-state index contributed by atoms with van der Waals surface area (Å²) in [5.41, 5.74) is 5.57. The average Bonchev–Trinajstić information content (AvgIpc) is 1.99. The molecule has 2 amide bonds. The largest absolute Gasteiger partial charge is 0.480 e. The van der Waals surface area contributed by atoms with Crippen LogP contribution in [0.5, 0.6) is 0 Å². The number of primary amides is 1. The van der Waals surface area contributed by atoms with Gasteiger partial charge in [0, 0.05) is 6.08 Å². The molecule has 4 N–H and O–H groups in total. The Morgan fingerprint density at radius 1 is 1.40 bits per heavy atom. The molecule has 6 nitrogen and oxygen atoms in total. The SMILES string of the molecule is CC(C)=CC(=O)NC(CC(N)=O)C(=O)O. The van der Waals surface area contributed by atoms with Gasteiger partial charge in [0.05, 0.1) is 6.42 Å². The zero-order chi connectivity index (χ0) is 12.0. The fourth-order valence-electron chi connectivity index (χ4n) is 0.877. The maximum Gasteiger partial charge on any atom is 0.326 e. The lowest BCUT2D eigenvalue weighted by Crippen LogP contribution is -2.42. The van der Waals surface area contributed by atoms with Crippen molar-refractivity contribution < 1.29 is 19.5 Å². The topological polar surface area (TPSA) is 109 Å². The van der Waals surface area contributed by atoms with Gasteiger partial charge >= 0.3 is 5.97 Å². The summed E-state index contributed by atoms with van der Waals surface area (Å²) < 4.78 is 0. The monoisotopic (exact) mass is 214 g/mol. The molecule has 0 aliphatic carbocycles. The molecular formula is C9H14N2O4. The number of carbonyl (C=O) groups is 3. The van der Waals surface area contributed by atoms with Crippen LogP contribution in [-0.4, -0.2) is 28.9 Å². The third kappa shape index (κ3) is 6.25. The van der Waals surface area contributed by atoms with Gasteiger partial charge in [0.25, 0.3) is 0 Å². The molecule has 1 atom stereocenters. The lowest BCUT2D eigenvalue weighted by molar-refractivity contribution is -0.142. The second-order valence-electron chi connectivity index (χ2n) is 3.29. The number of amides is 2. The number of hydrogen-bond acceptors (Lipinski definition) is 3. The molecule has 1 unspecified atom stereocenters. The number of carbonyl (C=O) groups excluding carboxylic acids is 2. The first-order chi connectivity index (χ1) is 6.82. The molecule has 84 valence electrons. The van der Waals surface area contributed by atoms with Gasteiger partial charge < -0.3 is 16.2 Å². The molecule has 0 saturated carbocycles. The van der Waals surface area contributed by atoms with Gasteiger partial charge in [-0.2, -0.15) is 0 Å². The van der Waals surface area contributed by atoms with Gasteiger partial charge in [0.2, 0.25) is 11.8 Å². The lowest BCUT2D eigenvalue weighted by atomic mass is 10.2. The molecule has 0 aromatic heterocycles. The van der Waals surface area contributed by atoms with Crippen LogP contribution in [0.1, 0.15) is 20.3 Å². The van der Waals surface area contributed by atoms with Crippen molar-refractivity contribution in [3.63, 3.8) is 0 Å². The van der Waals surface area contributed by atoms with Gasteiger partial charge in [-0.3, -0.25) is 9.59 Å². The fourth-order valence-corrected chi connectivity index (χ4v) is 0.877. The summed E-state index contributed by atoms with van der Waals surface area (Å²) in [4.78, 5) is 32.3. The number of aliphatic carboxylic acids is 1. The summed E-state index contributed by atoms with van der Waals surface area (Å²) >= 11 is 0. The van der Waals surface area contributed by atoms with Crippen LogP contribution in [0.15, 0.2) is 11.6 Å². The van der Waals surface area contributed by atoms with E-state index < -0.39 is 30.2 Å². The molecule has 0 saturated heterocycles. The first kappa shape index (κ1) is 13.2. The summed E-state index contributed by atoms with van der Waals surface area (Å²) in [6, 6.07) is -1.27. The number of hydrogen-bond donors (Lipinski definition) is 3. The number of nitrogens with two attached hydrogens (primary N) is 1. The standard InChI is InChI=1S/C9H14N2O4/c1-5(2)3-8(13)11-6(9(14)15)4-7(10)12/h3,6H,4H2,1-2H3,(H2,10,12)(H,11,13)(H,14,15). The molecule has 0 bridgehead atoms. The van der Waals surface area contributed by atoms with Crippen molar-refractivity contribution in [3.8, 4) is 0 Å². The summed E-state index contributed by atoms with van der Waals surface area (Å²) in [6.45, 7) is 3.40. The minimum Gasteiger partial charge on any atom is -0.480 e. The molecular weight excluding hydrogens is 200 g/mol. The van der Waals surface area contributed by atoms with E-state index in [0.29, 0.717) is 0 Å². The lowest BCUT2D eigenvalue weighted by Gasteiger charge is -2.10. The van der Waals surface area contributed by atoms with Crippen LogP contribution in [-0.2, 0) is 14.4 Å². The Bertz CT molecular complexity index is 305. The van der Waals surface area contributed by atoms with Gasteiger partial charge in [-0.25, -0.2) is 4.79 Å². The first-order valence-electron chi connectivity index (χ1n) is 4.29. The maximum absolute atomic E-state index is 11.1. The summed E-state index contributed by atoms with van der Waals surface area (Å²) in [5, 5.41) is 10.8. The molecule has 15 heavy (non-hydrogen) atoms. The van der Waals surface area contributed by atoms with E-state index in [0.717, 1.165) is 5.57 Å². The molecule has 6 heteroatoms. The van der Waals surface area contributed by atoms with Crippen molar-refractivity contribution in [2.45, 2.75) is 26.3 Å². The van der Waals surface area contributed by atoms with Crippen LogP contribution in [0, 0.1) is 0 Å². The Labute approximate surface area is 87.1 Å². The number of carboxylic acid groups (broad SMARTS) is 1. The average molecular weight is 214 g/mol. The zero-order valence-corrected chi connectivity index (χ0v) is 8.61. The third-order valence-corrected chi connectivity index (χ3v) is 1.44. The molecule has 0 aromatic carbocycles. The Morgan fingerprint density at radius 2 is 1.93 bits per heavy atom. The highest BCUT2D eigenvalue weighted by molar-refractivity contribution is 5.93. The zero-order valence-electron chi connectivity index (χ0n) is 8.61. The third-order valence-electron chi connectivity index (χ3n) is 1.44. The minimum absolute atomic E-state index is 0.419. The second-order valence-corrected chi connectivity index (χ2v) is 3.29. The van der Waals surface area contributed by atoms with Gasteiger partial charge in [-0.1, -0.05) is 5.57 Å². The van der Waals surface area contributed by atoms with Crippen LogP contribution in [0.25, 0.3) is 0 Å². The maximum atomic E-state index is 11.1. The van der Waals surface area contributed by atoms with Gasteiger partial charge in [-0.15, -0.1) is 0 Å². The van der Waals surface area contributed by atoms with E-state index in [2.05, 4.69) is 5.32 Å². The van der Waals surface area contributed by atoms with Crippen LogP contribution >= 0.6 is 0 Å². The number of carboxylic acids is 1. The van der Waals surface area contributed by atoms with Gasteiger partial charge in [0.15, 0.2) is 0 Å². The molecule has 0 rings (SSSR count). The summed E-state index contributed by atoms with van der Waals surface area (Å²) in [7, 11) is 0. The van der Waals surface area contributed by atoms with Crippen LogP contribution in [0.2, 0.25) is 0 Å². The van der Waals surface area contributed by atoms with E-state index >= 15 is 0 Å². The predicted molar refractivity (Wildman–Crippen MR) is 52.8 cm³/mol. The normalized spacial score (nSPS) is 11.3. The van der Waals surface area contributed by atoms with E-state index in [9.17, 15) is 14.4 Å². The highest BCUT2D eigenvalue weighted by atomic mass is 16.4. The van der Waals surface area contributed by atoms with Crippen molar-refractivity contribution in [2.75, 3.05) is 0 Å². The van der Waals surface area contributed by atoms with Crippen LogP contribution < -0.4 is 11.1 Å². The Kier molecular flexibility index (Phi) is 5.08. The second kappa shape index (κ2) is 5.79. The number of allylic oxidation sites excluding steroid dienone is 1. The summed E-state index contributed by atoms with van der Waals surface area (Å²) in [6.07, 6.45) is 0.828. The molecule has 0 aliphatic heterocycles. The van der Waals surface area contributed by atoms with Gasteiger partial charge in [-0.05, 0) is 13.8 Å². The van der Waals surface area contributed by atoms with E-state index in [-0.39, 0.29) is 0 Å². The summed E-state index contributed by atoms with van der Waals surface area (Å²) in [5.74, 6) is -2.62. The molecule has 0 heterocycles. The van der Waals surface area contributed by atoms with Crippen molar-refractivity contribution in [2.24, 2.45) is 5.73 Å². The van der Waals surface area contributed by atoms with Gasteiger partial charge in [0.1, 0.15) is 6.04 Å². The predicted octanol–water partition coefficient (Wildman–Crippen LogP) is -0.603. The van der Waals surface area contributed by atoms with Crippen molar-refractivity contribution in [3.05, 3.63) is 11.6 Å². The fraction of sp³-hybridized carbons (Fsp3) is 0.444. The molecule has 0 fully saturated rings. The number of nitrogens with one attached hydrogen (secondary N) is 1. The highest BCUT2D eigenvalue weighted by Crippen LogP contribution is 1.94. The van der Waals surface area contributed by atoms with E-state index in [1.165, 1.54) is 6.08 Å². The van der Waals surface area contributed by atoms with E-state index in [4.69, 9.17) is 10.8 Å². The Hall–Kier alpha value is -1.85. The molecule has 0 aliphatic rings. The van der Waals surface area contributed by atoms with Crippen molar-refractivity contribution in [1.82, 2.24) is 5.32 Å². The van der Waals surface area contributed by atoms with Crippen LogP contribution in [0.4, 0.5) is 0 Å². The Morgan fingerprint density at radius 3 is 2.27 bits per heavy atom. The quantitative estimate of drug-likeness (QED) is 0.530. The van der Waals surface area contributed by atoms with Crippen LogP contribution in [0.3, 0.4) is 0 Å². The van der Waals surface area contributed by atoms with E-state index in [1.807, 2.05) is 0 Å². The van der Waals surface area contributed by atoms with E-state index in [1.54, 1.807) is 13.8 Å². The smallest absolute Gasteiger partial charge is 0.326 e. The minimum atomic E-state index is -1.29. The van der Waals surface area contributed by atoms with Crippen molar-refractivity contribution in [1.29, 1.82) is 0 Å². The Balaban J connectivity index is 4.42. The highest BCUT2D eigenvalue weighted by Gasteiger charge is 2.20.